The zero-order chi connectivity index (χ0) is 15.5. The first-order chi connectivity index (χ1) is 10.7. The summed E-state index contributed by atoms with van der Waals surface area (Å²) in [5, 5.41) is 4.23. The van der Waals surface area contributed by atoms with Crippen LogP contribution in [0.5, 0.6) is 0 Å². The smallest absolute Gasteiger partial charge is 0.253 e. The van der Waals surface area contributed by atoms with Crippen LogP contribution in [0, 0.1) is 5.92 Å². The molecule has 0 unspecified atom stereocenters. The van der Waals surface area contributed by atoms with Gasteiger partial charge in [-0.3, -0.25) is 4.79 Å². The zero-order valence-corrected chi connectivity index (χ0v) is 13.7. The normalized spacial score (nSPS) is 16.6. The number of nitrogens with zero attached hydrogens (tertiary/aromatic N) is 1. The third-order valence-electron chi connectivity index (χ3n) is 4.97. The van der Waals surface area contributed by atoms with Gasteiger partial charge in [0.1, 0.15) is 7.85 Å². The molecule has 1 fully saturated rings. The summed E-state index contributed by atoms with van der Waals surface area (Å²) in [7, 11) is 4.10. The highest BCUT2D eigenvalue weighted by Gasteiger charge is 2.17. The molecule has 1 aliphatic carbocycles. The highest BCUT2D eigenvalue weighted by Crippen LogP contribution is 2.23. The maximum absolute atomic E-state index is 12.6. The molecule has 0 aliphatic heterocycles. The molecule has 3 rings (SSSR count). The fourth-order valence-electron chi connectivity index (χ4n) is 3.75. The van der Waals surface area contributed by atoms with E-state index in [0.29, 0.717) is 5.92 Å². The molecule has 0 saturated heterocycles. The van der Waals surface area contributed by atoms with Crippen molar-refractivity contribution < 1.29 is 4.79 Å². The standard InChI is InChI=1S/C18H25BN2O/c1-21-12-15(14-9-6-10-16(19)17(14)21)18(22)20-11-13-7-4-2-3-5-8-13/h6,9-10,12-13H,2-5,7-8,11,19H2,1H3,(H,20,22). The fraction of sp³-hybridized carbons (Fsp3) is 0.500. The Bertz CT molecular complexity index is 669. The Labute approximate surface area is 133 Å². The van der Waals surface area contributed by atoms with Gasteiger partial charge in [0.2, 0.25) is 0 Å². The van der Waals surface area contributed by atoms with E-state index in [1.165, 1.54) is 44.0 Å². The van der Waals surface area contributed by atoms with Gasteiger partial charge < -0.3 is 9.88 Å². The number of carbonyl (C=O) groups is 1. The molecule has 3 nitrogen and oxygen atoms in total. The van der Waals surface area contributed by atoms with Crippen molar-refractivity contribution in [2.24, 2.45) is 13.0 Å². The second-order valence-corrected chi connectivity index (χ2v) is 6.69. The predicted octanol–water partition coefficient (Wildman–Crippen LogP) is 2.14. The third-order valence-corrected chi connectivity index (χ3v) is 4.97. The Morgan fingerprint density at radius 3 is 2.73 bits per heavy atom. The molecule has 1 N–H and O–H groups in total. The molecule has 1 aliphatic rings. The number of para-hydroxylation sites is 1. The van der Waals surface area contributed by atoms with Crippen LogP contribution < -0.4 is 10.8 Å². The third kappa shape index (κ3) is 3.06. The predicted molar refractivity (Wildman–Crippen MR) is 94.6 cm³/mol. The van der Waals surface area contributed by atoms with Crippen LogP contribution in [-0.2, 0) is 7.05 Å². The number of hydrogen-bond donors (Lipinski definition) is 1. The minimum Gasteiger partial charge on any atom is -0.352 e. The van der Waals surface area contributed by atoms with Gasteiger partial charge in [-0.25, -0.2) is 0 Å². The SMILES string of the molecule is Bc1cccc2c(C(=O)NCC3CCCCCC3)cn(C)c12. The van der Waals surface area contributed by atoms with E-state index in [2.05, 4.69) is 23.8 Å². The molecular weight excluding hydrogens is 271 g/mol. The van der Waals surface area contributed by atoms with E-state index in [1.54, 1.807) is 0 Å². The molecule has 2 aromatic rings. The molecule has 116 valence electrons. The lowest BCUT2D eigenvalue weighted by molar-refractivity contribution is 0.0947. The van der Waals surface area contributed by atoms with Crippen molar-refractivity contribution >= 4 is 30.1 Å². The molecule has 0 atom stereocenters. The fourth-order valence-corrected chi connectivity index (χ4v) is 3.75. The van der Waals surface area contributed by atoms with E-state index < -0.39 is 0 Å². The van der Waals surface area contributed by atoms with Crippen LogP contribution in [0.15, 0.2) is 24.4 Å². The Kier molecular flexibility index (Phi) is 4.56. The van der Waals surface area contributed by atoms with E-state index in [-0.39, 0.29) is 5.91 Å². The number of carbonyl (C=O) groups excluding carboxylic acids is 1. The number of benzene rings is 1. The molecular formula is C18H25BN2O. The average Bonchev–Trinajstić information content (AvgIpc) is 2.70. The zero-order valence-electron chi connectivity index (χ0n) is 13.7. The number of nitrogens with one attached hydrogen (secondary N) is 1. The second kappa shape index (κ2) is 6.59. The number of hydrogen-bond acceptors (Lipinski definition) is 1. The van der Waals surface area contributed by atoms with Gasteiger partial charge in [0.05, 0.1) is 5.56 Å². The van der Waals surface area contributed by atoms with Crippen molar-refractivity contribution in [1.82, 2.24) is 9.88 Å². The topological polar surface area (TPSA) is 34.0 Å². The van der Waals surface area contributed by atoms with Crippen LogP contribution in [0.1, 0.15) is 48.9 Å². The van der Waals surface area contributed by atoms with E-state index in [4.69, 9.17) is 0 Å². The van der Waals surface area contributed by atoms with Crippen molar-refractivity contribution in [3.05, 3.63) is 30.0 Å². The number of aryl methyl sites for hydroxylation is 1. The number of aromatic nitrogens is 1. The molecule has 1 aromatic carbocycles. The second-order valence-electron chi connectivity index (χ2n) is 6.69. The lowest BCUT2D eigenvalue weighted by Crippen LogP contribution is -2.29. The Morgan fingerprint density at radius 2 is 2.00 bits per heavy atom. The first-order valence-corrected chi connectivity index (χ1v) is 8.49. The van der Waals surface area contributed by atoms with Gasteiger partial charge in [-0.1, -0.05) is 49.3 Å². The molecule has 1 saturated carbocycles. The van der Waals surface area contributed by atoms with Gasteiger partial charge in [-0.15, -0.1) is 0 Å². The molecule has 0 radical (unpaired) electrons. The summed E-state index contributed by atoms with van der Waals surface area (Å²) >= 11 is 0. The summed E-state index contributed by atoms with van der Waals surface area (Å²) in [5.41, 5.74) is 3.17. The van der Waals surface area contributed by atoms with E-state index >= 15 is 0 Å². The summed E-state index contributed by atoms with van der Waals surface area (Å²) in [6, 6.07) is 6.16. The van der Waals surface area contributed by atoms with Crippen molar-refractivity contribution in [3.8, 4) is 0 Å². The van der Waals surface area contributed by atoms with Crippen LogP contribution in [0.2, 0.25) is 0 Å². The Hall–Kier alpha value is -1.71. The first kappa shape index (κ1) is 15.2. The summed E-state index contributed by atoms with van der Waals surface area (Å²) in [5.74, 6) is 0.726. The van der Waals surface area contributed by atoms with Crippen molar-refractivity contribution in [1.29, 1.82) is 0 Å². The van der Waals surface area contributed by atoms with Gasteiger partial charge in [-0.2, -0.15) is 0 Å². The molecule has 0 spiro atoms. The van der Waals surface area contributed by atoms with Crippen molar-refractivity contribution in [3.63, 3.8) is 0 Å². The Morgan fingerprint density at radius 1 is 1.27 bits per heavy atom. The number of rotatable bonds is 3. The minimum atomic E-state index is 0.0699. The van der Waals surface area contributed by atoms with Gasteiger partial charge in [0, 0.05) is 30.7 Å². The van der Waals surface area contributed by atoms with Crippen LogP contribution in [0.4, 0.5) is 0 Å². The van der Waals surface area contributed by atoms with Crippen LogP contribution >= 0.6 is 0 Å². The van der Waals surface area contributed by atoms with Gasteiger partial charge >= 0.3 is 0 Å². The molecule has 1 amide bonds. The maximum Gasteiger partial charge on any atom is 0.253 e. The summed E-state index contributed by atoms with van der Waals surface area (Å²) in [6.45, 7) is 0.820. The van der Waals surface area contributed by atoms with Crippen LogP contribution in [0.25, 0.3) is 10.9 Å². The van der Waals surface area contributed by atoms with Crippen molar-refractivity contribution in [2.75, 3.05) is 6.54 Å². The quantitative estimate of drug-likeness (QED) is 0.683. The van der Waals surface area contributed by atoms with Gasteiger partial charge in [0.25, 0.3) is 5.91 Å². The van der Waals surface area contributed by atoms with Gasteiger partial charge in [0.15, 0.2) is 0 Å². The molecule has 4 heteroatoms. The molecule has 1 aromatic heterocycles. The molecule has 22 heavy (non-hydrogen) atoms. The van der Waals surface area contributed by atoms with Crippen LogP contribution in [0.3, 0.4) is 0 Å². The first-order valence-electron chi connectivity index (χ1n) is 8.49. The van der Waals surface area contributed by atoms with E-state index in [9.17, 15) is 4.79 Å². The molecule has 1 heterocycles. The monoisotopic (exact) mass is 296 g/mol. The number of amides is 1. The average molecular weight is 296 g/mol. The maximum atomic E-state index is 12.6. The minimum absolute atomic E-state index is 0.0699. The highest BCUT2D eigenvalue weighted by atomic mass is 16.1. The van der Waals surface area contributed by atoms with Gasteiger partial charge in [-0.05, 0) is 18.8 Å². The largest absolute Gasteiger partial charge is 0.352 e. The Balaban J connectivity index is 1.74. The lowest BCUT2D eigenvalue weighted by atomic mass is 9.93. The van der Waals surface area contributed by atoms with Crippen molar-refractivity contribution in [2.45, 2.75) is 38.5 Å². The van der Waals surface area contributed by atoms with E-state index in [1.807, 2.05) is 25.4 Å². The summed E-state index contributed by atoms with van der Waals surface area (Å²) in [6.07, 6.45) is 9.81. The highest BCUT2D eigenvalue weighted by molar-refractivity contribution is 6.38. The summed E-state index contributed by atoms with van der Waals surface area (Å²) < 4.78 is 2.06. The van der Waals surface area contributed by atoms with E-state index in [0.717, 1.165) is 23.0 Å². The molecule has 0 bridgehead atoms. The summed E-state index contributed by atoms with van der Waals surface area (Å²) in [4.78, 5) is 12.6. The lowest BCUT2D eigenvalue weighted by Gasteiger charge is -2.14. The van der Waals surface area contributed by atoms with Crippen LogP contribution in [-0.4, -0.2) is 24.9 Å². The number of fused-ring (bicyclic) bond motifs is 1.